The molecule has 9 nitrogen and oxygen atoms in total. The Balaban J connectivity index is 2.42. The number of rotatable bonds is 6. The Kier molecular flexibility index (Phi) is 4.35. The highest BCUT2D eigenvalue weighted by atomic mass is 16.6. The van der Waals surface area contributed by atoms with Crippen LogP contribution in [0.4, 0.5) is 5.69 Å². The van der Waals surface area contributed by atoms with Gasteiger partial charge >= 0.3 is 11.7 Å². The van der Waals surface area contributed by atoms with E-state index in [4.69, 9.17) is 5.11 Å². The minimum absolute atomic E-state index is 0.00352. The van der Waals surface area contributed by atoms with E-state index in [2.05, 4.69) is 10.4 Å². The van der Waals surface area contributed by atoms with Crippen molar-refractivity contribution < 1.29 is 19.6 Å². The number of carbonyl (C=O) groups is 2. The molecule has 1 aromatic rings. The fourth-order valence-corrected chi connectivity index (χ4v) is 1.16. The maximum absolute atomic E-state index is 11.3. The zero-order valence-electron chi connectivity index (χ0n) is 9.57. The van der Waals surface area contributed by atoms with E-state index in [0.717, 1.165) is 6.20 Å². The number of hydrogen-bond acceptors (Lipinski definition) is 5. The molecule has 98 valence electrons. The number of aliphatic carboxylic acids is 1. The van der Waals surface area contributed by atoms with Gasteiger partial charge in [-0.05, 0) is 6.92 Å². The number of carboxylic acid groups (broad SMARTS) is 1. The smallest absolute Gasteiger partial charge is 0.325 e. The van der Waals surface area contributed by atoms with Gasteiger partial charge in [0.15, 0.2) is 0 Å². The van der Waals surface area contributed by atoms with Crippen LogP contribution in [0.25, 0.3) is 0 Å². The minimum atomic E-state index is -1.13. The van der Waals surface area contributed by atoms with Gasteiger partial charge in [-0.1, -0.05) is 0 Å². The molecule has 1 amide bonds. The van der Waals surface area contributed by atoms with E-state index in [-0.39, 0.29) is 18.7 Å². The molecule has 0 fully saturated rings. The molecule has 1 aromatic heterocycles. The molecule has 1 rings (SSSR count). The molecule has 1 heterocycles. The van der Waals surface area contributed by atoms with Crippen molar-refractivity contribution in [3.05, 3.63) is 22.5 Å². The van der Waals surface area contributed by atoms with Gasteiger partial charge in [-0.2, -0.15) is 5.10 Å². The molecule has 0 spiro atoms. The molecule has 0 saturated heterocycles. The standard InChI is InChI=1S/C9H12N4O5/c1-6(9(15)16)11-8(14)2-3-12-5-7(4-10-12)13(17)18/h4-6H,2-3H2,1H3,(H,11,14)(H,15,16). The Morgan fingerprint density at radius 3 is 2.83 bits per heavy atom. The third-order valence-electron chi connectivity index (χ3n) is 2.15. The fourth-order valence-electron chi connectivity index (χ4n) is 1.16. The first-order valence-corrected chi connectivity index (χ1v) is 5.09. The van der Waals surface area contributed by atoms with Gasteiger partial charge in [0.1, 0.15) is 18.4 Å². The van der Waals surface area contributed by atoms with Crippen LogP contribution in [-0.2, 0) is 16.1 Å². The normalized spacial score (nSPS) is 11.8. The monoisotopic (exact) mass is 256 g/mol. The lowest BCUT2D eigenvalue weighted by atomic mass is 10.3. The van der Waals surface area contributed by atoms with Crippen LogP contribution >= 0.6 is 0 Å². The van der Waals surface area contributed by atoms with Gasteiger partial charge in [-0.15, -0.1) is 0 Å². The van der Waals surface area contributed by atoms with Crippen molar-refractivity contribution in [1.29, 1.82) is 0 Å². The van der Waals surface area contributed by atoms with Crippen LogP contribution in [0.3, 0.4) is 0 Å². The number of hydrogen-bond donors (Lipinski definition) is 2. The van der Waals surface area contributed by atoms with Crippen molar-refractivity contribution >= 4 is 17.6 Å². The van der Waals surface area contributed by atoms with Gasteiger partial charge in [-0.3, -0.25) is 24.4 Å². The Hall–Kier alpha value is -2.45. The highest BCUT2D eigenvalue weighted by Crippen LogP contribution is 2.07. The van der Waals surface area contributed by atoms with Crippen LogP contribution in [0, 0.1) is 10.1 Å². The number of carboxylic acids is 1. The van der Waals surface area contributed by atoms with E-state index >= 15 is 0 Å². The van der Waals surface area contributed by atoms with Gasteiger partial charge in [0.25, 0.3) is 0 Å². The largest absolute Gasteiger partial charge is 0.480 e. The van der Waals surface area contributed by atoms with Gasteiger partial charge in [0.05, 0.1) is 4.92 Å². The van der Waals surface area contributed by atoms with Crippen LogP contribution in [0.5, 0.6) is 0 Å². The number of nitrogens with one attached hydrogen (secondary N) is 1. The summed E-state index contributed by atoms with van der Waals surface area (Å²) in [6.07, 6.45) is 2.28. The molecular formula is C9H12N4O5. The van der Waals surface area contributed by atoms with Crippen molar-refractivity contribution in [3.8, 4) is 0 Å². The van der Waals surface area contributed by atoms with E-state index in [1.165, 1.54) is 17.8 Å². The minimum Gasteiger partial charge on any atom is -0.480 e. The number of carbonyl (C=O) groups excluding carboxylic acids is 1. The zero-order valence-corrected chi connectivity index (χ0v) is 9.57. The first-order chi connectivity index (χ1) is 8.40. The number of amides is 1. The second-order valence-electron chi connectivity index (χ2n) is 3.60. The predicted molar refractivity (Wildman–Crippen MR) is 58.7 cm³/mol. The van der Waals surface area contributed by atoms with Crippen LogP contribution in [0.1, 0.15) is 13.3 Å². The lowest BCUT2D eigenvalue weighted by Crippen LogP contribution is -2.38. The first-order valence-electron chi connectivity index (χ1n) is 5.09. The third-order valence-corrected chi connectivity index (χ3v) is 2.15. The SMILES string of the molecule is CC(NC(=O)CCn1cc([N+](=O)[O-])cn1)C(=O)O. The number of aromatic nitrogens is 2. The quantitative estimate of drug-likeness (QED) is 0.534. The molecule has 2 N–H and O–H groups in total. The molecule has 0 aliphatic rings. The topological polar surface area (TPSA) is 127 Å². The lowest BCUT2D eigenvalue weighted by molar-refractivity contribution is -0.385. The Morgan fingerprint density at radius 1 is 1.67 bits per heavy atom. The van der Waals surface area contributed by atoms with Crippen molar-refractivity contribution in [3.63, 3.8) is 0 Å². The molecular weight excluding hydrogens is 244 g/mol. The van der Waals surface area contributed by atoms with Crippen molar-refractivity contribution in [2.45, 2.75) is 25.9 Å². The van der Waals surface area contributed by atoms with E-state index in [1.807, 2.05) is 0 Å². The summed E-state index contributed by atoms with van der Waals surface area (Å²) in [5.41, 5.74) is -0.158. The summed E-state index contributed by atoms with van der Waals surface area (Å²) in [6, 6.07) is -0.968. The van der Waals surface area contributed by atoms with E-state index in [0.29, 0.717) is 0 Å². The summed E-state index contributed by atoms with van der Waals surface area (Å²) in [7, 11) is 0. The third kappa shape index (κ3) is 3.85. The summed E-state index contributed by atoms with van der Waals surface area (Å²) in [5, 5.41) is 24.9. The maximum atomic E-state index is 11.3. The summed E-state index contributed by atoms with van der Waals surface area (Å²) in [5.74, 6) is -1.58. The van der Waals surface area contributed by atoms with Gasteiger partial charge in [0.2, 0.25) is 5.91 Å². The fraction of sp³-hybridized carbons (Fsp3) is 0.444. The number of nitrogens with zero attached hydrogens (tertiary/aromatic N) is 3. The van der Waals surface area contributed by atoms with Crippen molar-refractivity contribution in [2.24, 2.45) is 0 Å². The van der Waals surface area contributed by atoms with Crippen LogP contribution in [0.15, 0.2) is 12.4 Å². The highest BCUT2D eigenvalue weighted by molar-refractivity contribution is 5.83. The average molecular weight is 256 g/mol. The Labute approximate surface area is 102 Å². The molecule has 0 bridgehead atoms. The van der Waals surface area contributed by atoms with E-state index in [1.54, 1.807) is 0 Å². The van der Waals surface area contributed by atoms with Crippen LogP contribution in [0.2, 0.25) is 0 Å². The Morgan fingerprint density at radius 2 is 2.33 bits per heavy atom. The molecule has 0 saturated carbocycles. The van der Waals surface area contributed by atoms with Crippen molar-refractivity contribution in [1.82, 2.24) is 15.1 Å². The Bertz CT molecular complexity index is 469. The number of nitro groups is 1. The molecule has 9 heteroatoms. The van der Waals surface area contributed by atoms with Gasteiger partial charge < -0.3 is 10.4 Å². The molecule has 0 aliphatic carbocycles. The molecule has 0 aliphatic heterocycles. The second kappa shape index (κ2) is 5.75. The average Bonchev–Trinajstić information content (AvgIpc) is 2.74. The molecule has 0 radical (unpaired) electrons. The maximum Gasteiger partial charge on any atom is 0.325 e. The molecule has 1 atom stereocenters. The van der Waals surface area contributed by atoms with Crippen LogP contribution in [-0.4, -0.2) is 37.7 Å². The van der Waals surface area contributed by atoms with E-state index < -0.39 is 22.8 Å². The van der Waals surface area contributed by atoms with Gasteiger partial charge in [0, 0.05) is 13.0 Å². The predicted octanol–water partition coefficient (Wildman–Crippen LogP) is -0.229. The summed E-state index contributed by atoms with van der Waals surface area (Å²) in [4.78, 5) is 31.6. The van der Waals surface area contributed by atoms with E-state index in [9.17, 15) is 19.7 Å². The first kappa shape index (κ1) is 13.6. The zero-order chi connectivity index (χ0) is 13.7. The van der Waals surface area contributed by atoms with Crippen molar-refractivity contribution in [2.75, 3.05) is 0 Å². The molecule has 18 heavy (non-hydrogen) atoms. The van der Waals surface area contributed by atoms with Crippen LogP contribution < -0.4 is 5.32 Å². The number of aryl methyl sites for hydroxylation is 1. The highest BCUT2D eigenvalue weighted by Gasteiger charge is 2.14. The summed E-state index contributed by atoms with van der Waals surface area (Å²) >= 11 is 0. The lowest BCUT2D eigenvalue weighted by Gasteiger charge is -2.08. The summed E-state index contributed by atoms with van der Waals surface area (Å²) < 4.78 is 1.25. The molecule has 0 aromatic carbocycles. The second-order valence-corrected chi connectivity index (χ2v) is 3.60. The molecule has 1 unspecified atom stereocenters. The van der Waals surface area contributed by atoms with Gasteiger partial charge in [-0.25, -0.2) is 0 Å². The summed E-state index contributed by atoms with van der Waals surface area (Å²) in [6.45, 7) is 1.49.